The molecule has 0 fully saturated rings. The minimum absolute atomic E-state index is 0.807. The number of rotatable bonds is 1. The van der Waals surface area contributed by atoms with Gasteiger partial charge in [-0.2, -0.15) is 0 Å². The third-order valence-electron chi connectivity index (χ3n) is 1.60. The van der Waals surface area contributed by atoms with Gasteiger partial charge in [0.2, 0.25) is 0 Å². The second-order valence-corrected chi connectivity index (χ2v) is 4.07. The molecule has 0 spiro atoms. The molecule has 0 saturated carbocycles. The van der Waals surface area contributed by atoms with E-state index in [-0.39, 0.29) is 0 Å². The Kier molecular flexibility index (Phi) is 3.41. The molecule has 1 aromatic rings. The predicted octanol–water partition coefficient (Wildman–Crippen LogP) is 4.31. The molecule has 0 nitrogen and oxygen atoms in total. The maximum Gasteiger partial charge on any atom is 0.0580 e. The Morgan fingerprint density at radius 3 is 2.64 bits per heavy atom. The van der Waals surface area contributed by atoms with Crippen molar-refractivity contribution in [2.24, 2.45) is 0 Å². The average molecular weight is 298 g/mol. The van der Waals surface area contributed by atoms with Crippen molar-refractivity contribution in [3.05, 3.63) is 32.8 Å². The standard InChI is InChI=1S/C8H7Br2Cl/c1-5-6(4-9)2-3-7(10)8(5)11/h2-3H,4H2,1H3. The van der Waals surface area contributed by atoms with E-state index < -0.39 is 0 Å². The molecule has 0 unspecified atom stereocenters. The molecule has 0 bridgehead atoms. The fourth-order valence-corrected chi connectivity index (χ4v) is 2.06. The van der Waals surface area contributed by atoms with Crippen molar-refractivity contribution in [3.63, 3.8) is 0 Å². The van der Waals surface area contributed by atoms with Crippen LogP contribution in [0.1, 0.15) is 11.1 Å². The first-order valence-corrected chi connectivity index (χ1v) is 5.45. The minimum Gasteiger partial charge on any atom is -0.0876 e. The van der Waals surface area contributed by atoms with Crippen molar-refractivity contribution in [2.75, 3.05) is 0 Å². The Labute approximate surface area is 88.2 Å². The van der Waals surface area contributed by atoms with Crippen LogP contribution in [0.15, 0.2) is 16.6 Å². The minimum atomic E-state index is 0.807. The molecule has 0 radical (unpaired) electrons. The number of hydrogen-bond donors (Lipinski definition) is 0. The predicted molar refractivity (Wildman–Crippen MR) is 56.5 cm³/mol. The Hall–Kier alpha value is 0.470. The Balaban J connectivity index is 3.25. The largest absolute Gasteiger partial charge is 0.0876 e. The van der Waals surface area contributed by atoms with Crippen molar-refractivity contribution >= 4 is 43.5 Å². The van der Waals surface area contributed by atoms with Gasteiger partial charge in [-0.3, -0.25) is 0 Å². The lowest BCUT2D eigenvalue weighted by Gasteiger charge is -2.05. The highest BCUT2D eigenvalue weighted by molar-refractivity contribution is 9.10. The zero-order valence-electron chi connectivity index (χ0n) is 6.00. The Morgan fingerprint density at radius 2 is 2.09 bits per heavy atom. The molecule has 3 heteroatoms. The molecule has 60 valence electrons. The van der Waals surface area contributed by atoms with Gasteiger partial charge >= 0.3 is 0 Å². The van der Waals surface area contributed by atoms with Crippen molar-refractivity contribution in [3.8, 4) is 0 Å². The summed E-state index contributed by atoms with van der Waals surface area (Å²) >= 11 is 12.7. The number of hydrogen-bond acceptors (Lipinski definition) is 0. The highest BCUT2D eigenvalue weighted by Crippen LogP contribution is 2.28. The van der Waals surface area contributed by atoms with Gasteiger partial charge in [0.05, 0.1) is 5.02 Å². The van der Waals surface area contributed by atoms with E-state index in [1.807, 2.05) is 13.0 Å². The van der Waals surface area contributed by atoms with Gasteiger partial charge in [-0.1, -0.05) is 33.6 Å². The van der Waals surface area contributed by atoms with Crippen LogP contribution in [0.5, 0.6) is 0 Å². The van der Waals surface area contributed by atoms with Crippen LogP contribution in [0.3, 0.4) is 0 Å². The molecule has 0 heterocycles. The van der Waals surface area contributed by atoms with E-state index in [9.17, 15) is 0 Å². The highest BCUT2D eigenvalue weighted by Gasteiger charge is 2.03. The van der Waals surface area contributed by atoms with Crippen molar-refractivity contribution < 1.29 is 0 Å². The first-order chi connectivity index (χ1) is 5.16. The molecule has 0 amide bonds. The smallest absolute Gasteiger partial charge is 0.0580 e. The molecular formula is C8H7Br2Cl. The van der Waals surface area contributed by atoms with Crippen LogP contribution in [0.25, 0.3) is 0 Å². The van der Waals surface area contributed by atoms with E-state index in [0.717, 1.165) is 20.4 Å². The van der Waals surface area contributed by atoms with Crippen LogP contribution in [-0.4, -0.2) is 0 Å². The zero-order chi connectivity index (χ0) is 8.43. The van der Waals surface area contributed by atoms with E-state index in [4.69, 9.17) is 11.6 Å². The monoisotopic (exact) mass is 296 g/mol. The van der Waals surface area contributed by atoms with Gasteiger partial charge in [-0.15, -0.1) is 0 Å². The summed E-state index contributed by atoms with van der Waals surface area (Å²) in [4.78, 5) is 0. The van der Waals surface area contributed by atoms with Crippen LogP contribution in [0, 0.1) is 6.92 Å². The molecular weight excluding hydrogens is 291 g/mol. The van der Waals surface area contributed by atoms with Gasteiger partial charge in [0.1, 0.15) is 0 Å². The van der Waals surface area contributed by atoms with Crippen molar-refractivity contribution in [1.29, 1.82) is 0 Å². The van der Waals surface area contributed by atoms with Crippen LogP contribution < -0.4 is 0 Å². The van der Waals surface area contributed by atoms with Crippen molar-refractivity contribution in [1.82, 2.24) is 0 Å². The lowest BCUT2D eigenvalue weighted by molar-refractivity contribution is 1.31. The SMILES string of the molecule is Cc1c(CBr)ccc(Br)c1Cl. The summed E-state index contributed by atoms with van der Waals surface area (Å²) in [5.74, 6) is 0. The summed E-state index contributed by atoms with van der Waals surface area (Å²) in [7, 11) is 0. The van der Waals surface area contributed by atoms with Gasteiger partial charge in [0, 0.05) is 9.80 Å². The molecule has 11 heavy (non-hydrogen) atoms. The zero-order valence-corrected chi connectivity index (χ0v) is 9.92. The van der Waals surface area contributed by atoms with Gasteiger partial charge in [0.25, 0.3) is 0 Å². The quantitative estimate of drug-likeness (QED) is 0.678. The van der Waals surface area contributed by atoms with E-state index >= 15 is 0 Å². The lowest BCUT2D eigenvalue weighted by Crippen LogP contribution is -1.85. The maximum atomic E-state index is 5.99. The molecule has 0 aliphatic rings. The second-order valence-electron chi connectivity index (χ2n) is 2.28. The molecule has 0 aliphatic heterocycles. The van der Waals surface area contributed by atoms with Crippen LogP contribution in [0.4, 0.5) is 0 Å². The molecule has 0 saturated heterocycles. The number of alkyl halides is 1. The Morgan fingerprint density at radius 1 is 1.45 bits per heavy atom. The normalized spacial score (nSPS) is 10.2. The summed E-state index contributed by atoms with van der Waals surface area (Å²) in [5, 5.41) is 1.66. The van der Waals surface area contributed by atoms with E-state index in [0.29, 0.717) is 0 Å². The molecule has 0 atom stereocenters. The molecule has 0 N–H and O–H groups in total. The summed E-state index contributed by atoms with van der Waals surface area (Å²) in [6, 6.07) is 4.02. The van der Waals surface area contributed by atoms with Gasteiger partial charge in [-0.05, 0) is 40.0 Å². The van der Waals surface area contributed by atoms with E-state index in [1.165, 1.54) is 5.56 Å². The third-order valence-corrected chi connectivity index (χ3v) is 3.58. The second kappa shape index (κ2) is 3.92. The third kappa shape index (κ3) is 1.98. The average Bonchev–Trinajstić information content (AvgIpc) is 2.01. The topological polar surface area (TPSA) is 0 Å². The van der Waals surface area contributed by atoms with Gasteiger partial charge in [0.15, 0.2) is 0 Å². The van der Waals surface area contributed by atoms with E-state index in [1.54, 1.807) is 0 Å². The molecule has 0 aromatic heterocycles. The maximum absolute atomic E-state index is 5.99. The molecule has 0 aliphatic carbocycles. The van der Waals surface area contributed by atoms with Gasteiger partial charge in [-0.25, -0.2) is 0 Å². The number of halogens is 3. The first kappa shape index (κ1) is 9.56. The highest BCUT2D eigenvalue weighted by atomic mass is 79.9. The molecule has 1 aromatic carbocycles. The van der Waals surface area contributed by atoms with Crippen LogP contribution in [-0.2, 0) is 5.33 Å². The first-order valence-electron chi connectivity index (χ1n) is 3.16. The fourth-order valence-electron chi connectivity index (χ4n) is 0.837. The summed E-state index contributed by atoms with van der Waals surface area (Å²) in [6.07, 6.45) is 0. The fraction of sp³-hybridized carbons (Fsp3) is 0.250. The lowest BCUT2D eigenvalue weighted by atomic mass is 10.1. The van der Waals surface area contributed by atoms with Crippen LogP contribution >= 0.6 is 43.5 Å². The van der Waals surface area contributed by atoms with Crippen molar-refractivity contribution in [2.45, 2.75) is 12.3 Å². The Bertz CT molecular complexity index is 271. The summed E-state index contributed by atoms with van der Waals surface area (Å²) in [6.45, 7) is 2.02. The number of benzene rings is 1. The van der Waals surface area contributed by atoms with Crippen LogP contribution in [0.2, 0.25) is 5.02 Å². The van der Waals surface area contributed by atoms with Gasteiger partial charge < -0.3 is 0 Å². The summed E-state index contributed by atoms with van der Waals surface area (Å²) < 4.78 is 0.960. The summed E-state index contributed by atoms with van der Waals surface area (Å²) in [5.41, 5.74) is 2.37. The molecule has 1 rings (SSSR count). The van der Waals surface area contributed by atoms with E-state index in [2.05, 4.69) is 37.9 Å².